The summed E-state index contributed by atoms with van der Waals surface area (Å²) >= 11 is 0. The maximum atomic E-state index is 12.1. The molecular formula is C22H25N5O2. The molecule has 3 aromatic rings. The molecule has 0 spiro atoms. The molecule has 2 N–H and O–H groups in total. The first kappa shape index (κ1) is 20.3. The smallest absolute Gasteiger partial charge is 0.319 e. The van der Waals surface area contributed by atoms with Gasteiger partial charge >= 0.3 is 6.03 Å². The van der Waals surface area contributed by atoms with E-state index in [1.807, 2.05) is 36.4 Å². The molecule has 2 amide bonds. The topological polar surface area (TPSA) is 88.9 Å². The average molecular weight is 391 g/mol. The third kappa shape index (κ3) is 5.51. The van der Waals surface area contributed by atoms with E-state index in [1.165, 1.54) is 16.3 Å². The molecule has 1 aromatic carbocycles. The van der Waals surface area contributed by atoms with Gasteiger partial charge in [0, 0.05) is 36.3 Å². The highest BCUT2D eigenvalue weighted by molar-refractivity contribution is 5.89. The van der Waals surface area contributed by atoms with Crippen molar-refractivity contribution < 1.29 is 4.79 Å². The number of nitrogens with one attached hydrogen (secondary N) is 2. The van der Waals surface area contributed by atoms with Crippen molar-refractivity contribution in [3.05, 3.63) is 76.8 Å². The second-order valence-corrected chi connectivity index (χ2v) is 7.73. The number of hydrogen-bond acceptors (Lipinski definition) is 4. The minimum atomic E-state index is -0.329. The number of urea groups is 1. The number of anilines is 1. The largest absolute Gasteiger partial charge is 0.336 e. The summed E-state index contributed by atoms with van der Waals surface area (Å²) < 4.78 is 1.33. The number of aromatic nitrogens is 3. The molecule has 0 atom stereocenters. The zero-order chi connectivity index (χ0) is 20.9. The van der Waals surface area contributed by atoms with Crippen LogP contribution in [-0.2, 0) is 12.0 Å². The van der Waals surface area contributed by atoms with Gasteiger partial charge in [0.25, 0.3) is 5.56 Å². The number of carbonyl (C=O) groups is 1. The number of benzene rings is 1. The van der Waals surface area contributed by atoms with Crippen LogP contribution < -0.4 is 16.2 Å². The first-order valence-corrected chi connectivity index (χ1v) is 9.47. The summed E-state index contributed by atoms with van der Waals surface area (Å²) in [5.74, 6) is 0. The van der Waals surface area contributed by atoms with Gasteiger partial charge in [0.2, 0.25) is 0 Å². The Morgan fingerprint density at radius 3 is 2.48 bits per heavy atom. The van der Waals surface area contributed by atoms with Crippen LogP contribution in [0.4, 0.5) is 10.5 Å². The summed E-state index contributed by atoms with van der Waals surface area (Å²) in [7, 11) is 0. The van der Waals surface area contributed by atoms with E-state index in [1.54, 1.807) is 18.5 Å². The van der Waals surface area contributed by atoms with Crippen molar-refractivity contribution in [3.8, 4) is 11.3 Å². The van der Waals surface area contributed by atoms with E-state index in [0.29, 0.717) is 11.4 Å². The van der Waals surface area contributed by atoms with Gasteiger partial charge in [0.05, 0.1) is 12.2 Å². The zero-order valence-corrected chi connectivity index (χ0v) is 16.8. The number of rotatable bonds is 5. The van der Waals surface area contributed by atoms with Gasteiger partial charge in [-0.1, -0.05) is 32.9 Å². The molecule has 0 unspecified atom stereocenters. The lowest BCUT2D eigenvalue weighted by atomic mass is 9.87. The maximum absolute atomic E-state index is 12.1. The fraction of sp³-hybridized carbons (Fsp3) is 0.273. The first-order valence-electron chi connectivity index (χ1n) is 9.47. The summed E-state index contributed by atoms with van der Waals surface area (Å²) in [4.78, 5) is 28.2. The number of pyridine rings is 1. The molecule has 7 nitrogen and oxygen atoms in total. The Hall–Kier alpha value is -3.48. The van der Waals surface area contributed by atoms with E-state index in [0.717, 1.165) is 5.56 Å². The highest BCUT2D eigenvalue weighted by Gasteiger charge is 2.13. The minimum absolute atomic E-state index is 0.0609. The Balaban J connectivity index is 1.56. The van der Waals surface area contributed by atoms with E-state index in [-0.39, 0.29) is 30.1 Å². The maximum Gasteiger partial charge on any atom is 0.319 e. The molecule has 7 heteroatoms. The van der Waals surface area contributed by atoms with E-state index >= 15 is 0 Å². The van der Waals surface area contributed by atoms with Crippen molar-refractivity contribution in [3.63, 3.8) is 0 Å². The zero-order valence-electron chi connectivity index (χ0n) is 16.8. The molecule has 0 aliphatic carbocycles. The number of nitrogens with zero attached hydrogens (tertiary/aromatic N) is 3. The quantitative estimate of drug-likeness (QED) is 0.697. The summed E-state index contributed by atoms with van der Waals surface area (Å²) in [5.41, 5.74) is 3.22. The van der Waals surface area contributed by atoms with Crippen molar-refractivity contribution in [2.24, 2.45) is 0 Å². The van der Waals surface area contributed by atoms with Crippen LogP contribution in [0.3, 0.4) is 0 Å². The normalized spacial score (nSPS) is 11.1. The lowest BCUT2D eigenvalue weighted by Gasteiger charge is -2.19. The monoisotopic (exact) mass is 391 g/mol. The van der Waals surface area contributed by atoms with E-state index in [9.17, 15) is 9.59 Å². The Morgan fingerprint density at radius 2 is 1.83 bits per heavy atom. The second kappa shape index (κ2) is 8.68. The van der Waals surface area contributed by atoms with Gasteiger partial charge in [0.1, 0.15) is 0 Å². The van der Waals surface area contributed by atoms with Crippen LogP contribution in [0.5, 0.6) is 0 Å². The fourth-order valence-electron chi connectivity index (χ4n) is 2.78. The van der Waals surface area contributed by atoms with Crippen LogP contribution in [0, 0.1) is 0 Å². The van der Waals surface area contributed by atoms with Gasteiger partial charge in [-0.2, -0.15) is 5.10 Å². The van der Waals surface area contributed by atoms with Gasteiger partial charge in [-0.15, -0.1) is 0 Å². The molecule has 0 aliphatic heterocycles. The molecule has 2 aromatic heterocycles. The van der Waals surface area contributed by atoms with Gasteiger partial charge < -0.3 is 10.6 Å². The van der Waals surface area contributed by atoms with Gasteiger partial charge in [-0.25, -0.2) is 9.48 Å². The van der Waals surface area contributed by atoms with Crippen molar-refractivity contribution in [2.75, 3.05) is 11.9 Å². The Labute approximate surface area is 169 Å². The van der Waals surface area contributed by atoms with Crippen molar-refractivity contribution in [1.29, 1.82) is 0 Å². The van der Waals surface area contributed by atoms with Crippen LogP contribution >= 0.6 is 0 Å². The van der Waals surface area contributed by atoms with Crippen molar-refractivity contribution in [1.82, 2.24) is 20.1 Å². The lowest BCUT2D eigenvalue weighted by molar-refractivity contribution is 0.251. The van der Waals surface area contributed by atoms with E-state index in [2.05, 4.69) is 41.5 Å². The third-order valence-electron chi connectivity index (χ3n) is 4.44. The lowest BCUT2D eigenvalue weighted by Crippen LogP contribution is -2.34. The third-order valence-corrected chi connectivity index (χ3v) is 4.44. The van der Waals surface area contributed by atoms with Crippen molar-refractivity contribution in [2.45, 2.75) is 32.7 Å². The highest BCUT2D eigenvalue weighted by atomic mass is 16.2. The highest BCUT2D eigenvalue weighted by Crippen LogP contribution is 2.23. The fourth-order valence-corrected chi connectivity index (χ4v) is 2.78. The number of amides is 2. The van der Waals surface area contributed by atoms with Crippen LogP contribution in [0.15, 0.2) is 65.7 Å². The molecule has 0 aliphatic rings. The van der Waals surface area contributed by atoms with Crippen LogP contribution in [0.25, 0.3) is 11.3 Å². The SMILES string of the molecule is CC(C)(C)c1ccc(NC(=O)NCCn2nc(-c3cccnc3)ccc2=O)cc1. The molecule has 3 rings (SSSR count). The van der Waals surface area contributed by atoms with E-state index in [4.69, 9.17) is 0 Å². The van der Waals surface area contributed by atoms with Crippen LogP contribution in [0.1, 0.15) is 26.3 Å². The van der Waals surface area contributed by atoms with Crippen LogP contribution in [-0.4, -0.2) is 27.3 Å². The molecule has 0 saturated carbocycles. The molecule has 29 heavy (non-hydrogen) atoms. The first-order chi connectivity index (χ1) is 13.8. The average Bonchev–Trinajstić information content (AvgIpc) is 2.70. The summed E-state index contributed by atoms with van der Waals surface area (Å²) in [6.45, 7) is 6.96. The summed E-state index contributed by atoms with van der Waals surface area (Å²) in [6.07, 6.45) is 3.37. The van der Waals surface area contributed by atoms with Gasteiger partial charge in [-0.3, -0.25) is 9.78 Å². The minimum Gasteiger partial charge on any atom is -0.336 e. The van der Waals surface area contributed by atoms with E-state index < -0.39 is 0 Å². The second-order valence-electron chi connectivity index (χ2n) is 7.73. The molecule has 150 valence electrons. The Morgan fingerprint density at radius 1 is 1.07 bits per heavy atom. The summed E-state index contributed by atoms with van der Waals surface area (Å²) in [6, 6.07) is 14.3. The molecule has 2 heterocycles. The number of carbonyl (C=O) groups excluding carboxylic acids is 1. The predicted octanol–water partition coefficient (Wildman–Crippen LogP) is 3.42. The summed E-state index contributed by atoms with van der Waals surface area (Å²) in [5, 5.41) is 9.89. The predicted molar refractivity (Wildman–Crippen MR) is 114 cm³/mol. The van der Waals surface area contributed by atoms with Crippen molar-refractivity contribution >= 4 is 11.7 Å². The number of hydrogen-bond donors (Lipinski definition) is 2. The molecule has 0 fully saturated rings. The van der Waals surface area contributed by atoms with Crippen LogP contribution in [0.2, 0.25) is 0 Å². The Bertz CT molecular complexity index is 1020. The van der Waals surface area contributed by atoms with Gasteiger partial charge in [0.15, 0.2) is 0 Å². The molecule has 0 bridgehead atoms. The molecule has 0 saturated heterocycles. The molecule has 0 radical (unpaired) electrons. The standard InChI is InChI=1S/C22H25N5O2/c1-22(2,3)17-6-8-18(9-7-17)25-21(29)24-13-14-27-20(28)11-10-19(26-27)16-5-4-12-23-15-16/h4-12,15H,13-14H2,1-3H3,(H2,24,25,29). The van der Waals surface area contributed by atoms with Gasteiger partial charge in [-0.05, 0) is 41.3 Å². The molecular weight excluding hydrogens is 366 g/mol. The Kier molecular flexibility index (Phi) is 6.07.